The van der Waals surface area contributed by atoms with Crippen LogP contribution in [-0.2, 0) is 4.79 Å². The van der Waals surface area contributed by atoms with E-state index in [1.165, 1.54) is 5.56 Å². The summed E-state index contributed by atoms with van der Waals surface area (Å²) >= 11 is 0. The number of nitrogens with one attached hydrogen (secondary N) is 1. The Kier molecular flexibility index (Phi) is 5.74. The van der Waals surface area contributed by atoms with Gasteiger partial charge in [-0.25, -0.2) is 5.43 Å². The Morgan fingerprint density at radius 3 is 2.43 bits per heavy atom. The predicted molar refractivity (Wildman–Crippen MR) is 90.1 cm³/mol. The van der Waals surface area contributed by atoms with Crippen molar-refractivity contribution in [3.8, 4) is 11.5 Å². The minimum absolute atomic E-state index is 0.0809. The second kappa shape index (κ2) is 7.98. The molecule has 23 heavy (non-hydrogen) atoms. The second-order valence-corrected chi connectivity index (χ2v) is 5.10. The van der Waals surface area contributed by atoms with Crippen molar-refractivity contribution in [1.82, 2.24) is 5.43 Å². The largest absolute Gasteiger partial charge is 0.497 e. The molecule has 0 spiro atoms. The lowest BCUT2D eigenvalue weighted by atomic mass is 10.1. The van der Waals surface area contributed by atoms with E-state index in [0.717, 1.165) is 16.9 Å². The number of hydrogen-bond donors (Lipinski definition) is 1. The molecule has 0 saturated heterocycles. The molecule has 0 heterocycles. The van der Waals surface area contributed by atoms with Crippen LogP contribution in [0.1, 0.15) is 16.7 Å². The van der Waals surface area contributed by atoms with Gasteiger partial charge in [-0.2, -0.15) is 5.10 Å². The van der Waals surface area contributed by atoms with E-state index in [2.05, 4.69) is 10.5 Å². The van der Waals surface area contributed by atoms with Crippen LogP contribution in [-0.4, -0.2) is 25.8 Å². The Balaban J connectivity index is 1.79. The van der Waals surface area contributed by atoms with Crippen LogP contribution in [0.25, 0.3) is 0 Å². The monoisotopic (exact) mass is 312 g/mol. The molecule has 5 heteroatoms. The Morgan fingerprint density at radius 1 is 1.09 bits per heavy atom. The topological polar surface area (TPSA) is 59.9 Å². The van der Waals surface area contributed by atoms with Gasteiger partial charge >= 0.3 is 0 Å². The van der Waals surface area contributed by atoms with Crippen LogP contribution in [0.5, 0.6) is 11.5 Å². The molecule has 0 radical (unpaired) electrons. The van der Waals surface area contributed by atoms with Crippen molar-refractivity contribution < 1.29 is 14.3 Å². The molecule has 2 rings (SSSR count). The highest BCUT2D eigenvalue weighted by atomic mass is 16.5. The van der Waals surface area contributed by atoms with Crippen molar-refractivity contribution in [3.05, 3.63) is 59.2 Å². The van der Waals surface area contributed by atoms with Crippen LogP contribution in [0.2, 0.25) is 0 Å². The van der Waals surface area contributed by atoms with Gasteiger partial charge in [0.15, 0.2) is 6.61 Å². The predicted octanol–water partition coefficient (Wildman–Crippen LogP) is 2.84. The number of hydrazone groups is 1. The molecule has 0 aliphatic rings. The van der Waals surface area contributed by atoms with Gasteiger partial charge < -0.3 is 9.47 Å². The highest BCUT2D eigenvalue weighted by molar-refractivity contribution is 5.83. The number of methoxy groups -OCH3 is 1. The zero-order chi connectivity index (χ0) is 16.7. The van der Waals surface area contributed by atoms with E-state index in [9.17, 15) is 4.79 Å². The Morgan fingerprint density at radius 2 is 1.78 bits per heavy atom. The standard InChI is InChI=1S/C18H20N2O3/c1-13-4-7-17(10-14(13)2)23-12-18(21)20-19-11-15-5-8-16(22-3)9-6-15/h4-11H,12H2,1-3H3,(H,20,21)/b19-11-. The van der Waals surface area contributed by atoms with Gasteiger partial charge in [-0.1, -0.05) is 6.07 Å². The summed E-state index contributed by atoms with van der Waals surface area (Å²) in [5.41, 5.74) is 5.60. The van der Waals surface area contributed by atoms with Gasteiger partial charge in [0.2, 0.25) is 0 Å². The first-order valence-corrected chi connectivity index (χ1v) is 7.24. The lowest BCUT2D eigenvalue weighted by Crippen LogP contribution is -2.24. The van der Waals surface area contributed by atoms with Crippen LogP contribution < -0.4 is 14.9 Å². The number of amides is 1. The average Bonchev–Trinajstić information content (AvgIpc) is 2.56. The second-order valence-electron chi connectivity index (χ2n) is 5.10. The maximum atomic E-state index is 11.7. The third-order valence-corrected chi connectivity index (χ3v) is 3.37. The molecule has 1 N–H and O–H groups in total. The molecule has 0 aromatic heterocycles. The Hall–Kier alpha value is -2.82. The minimum Gasteiger partial charge on any atom is -0.497 e. The lowest BCUT2D eigenvalue weighted by molar-refractivity contribution is -0.123. The molecule has 2 aromatic rings. The fourth-order valence-corrected chi connectivity index (χ4v) is 1.85. The summed E-state index contributed by atoms with van der Waals surface area (Å²) in [4.78, 5) is 11.7. The quantitative estimate of drug-likeness (QED) is 0.659. The molecule has 0 unspecified atom stereocenters. The number of ether oxygens (including phenoxy) is 2. The minimum atomic E-state index is -0.312. The SMILES string of the molecule is COc1ccc(/C=N\NC(=O)COc2ccc(C)c(C)c2)cc1. The lowest BCUT2D eigenvalue weighted by Gasteiger charge is -2.07. The molecule has 0 bridgehead atoms. The van der Waals surface area contributed by atoms with E-state index in [1.807, 2.05) is 56.3 Å². The Labute approximate surface area is 135 Å². The number of nitrogens with zero attached hydrogens (tertiary/aromatic N) is 1. The summed E-state index contributed by atoms with van der Waals surface area (Å²) < 4.78 is 10.5. The molecular weight excluding hydrogens is 292 g/mol. The maximum absolute atomic E-state index is 11.7. The zero-order valence-electron chi connectivity index (χ0n) is 13.5. The summed E-state index contributed by atoms with van der Waals surface area (Å²) in [6.45, 7) is 3.95. The van der Waals surface area contributed by atoms with Gasteiger partial charge in [0.1, 0.15) is 11.5 Å². The fraction of sp³-hybridized carbons (Fsp3) is 0.222. The number of carbonyl (C=O) groups excluding carboxylic acids is 1. The molecule has 120 valence electrons. The summed E-state index contributed by atoms with van der Waals surface area (Å²) in [5.74, 6) is 1.13. The number of aryl methyl sites for hydroxylation is 2. The smallest absolute Gasteiger partial charge is 0.277 e. The van der Waals surface area contributed by atoms with Gasteiger partial charge in [0.25, 0.3) is 5.91 Å². The van der Waals surface area contributed by atoms with Crippen LogP contribution in [0, 0.1) is 13.8 Å². The fourth-order valence-electron chi connectivity index (χ4n) is 1.85. The van der Waals surface area contributed by atoms with Crippen LogP contribution >= 0.6 is 0 Å². The highest BCUT2D eigenvalue weighted by Gasteiger charge is 2.02. The summed E-state index contributed by atoms with van der Waals surface area (Å²) in [5, 5.41) is 3.90. The maximum Gasteiger partial charge on any atom is 0.277 e. The van der Waals surface area contributed by atoms with Gasteiger partial charge in [-0.05, 0) is 66.9 Å². The van der Waals surface area contributed by atoms with E-state index >= 15 is 0 Å². The zero-order valence-corrected chi connectivity index (χ0v) is 13.5. The number of benzene rings is 2. The van der Waals surface area contributed by atoms with E-state index in [-0.39, 0.29) is 12.5 Å². The highest BCUT2D eigenvalue weighted by Crippen LogP contribution is 2.16. The molecule has 2 aromatic carbocycles. The van der Waals surface area contributed by atoms with E-state index in [4.69, 9.17) is 9.47 Å². The first-order chi connectivity index (χ1) is 11.1. The van der Waals surface area contributed by atoms with E-state index < -0.39 is 0 Å². The van der Waals surface area contributed by atoms with Crippen molar-refractivity contribution in [3.63, 3.8) is 0 Å². The summed E-state index contributed by atoms with van der Waals surface area (Å²) in [7, 11) is 1.61. The number of hydrogen-bond acceptors (Lipinski definition) is 4. The first-order valence-electron chi connectivity index (χ1n) is 7.24. The number of rotatable bonds is 6. The molecule has 5 nitrogen and oxygen atoms in total. The van der Waals surface area contributed by atoms with Crippen molar-refractivity contribution >= 4 is 12.1 Å². The molecule has 0 fully saturated rings. The van der Waals surface area contributed by atoms with Gasteiger partial charge in [0.05, 0.1) is 13.3 Å². The molecular formula is C18H20N2O3. The van der Waals surface area contributed by atoms with Crippen LogP contribution in [0.3, 0.4) is 0 Å². The normalized spacial score (nSPS) is 10.6. The molecule has 0 aliphatic carbocycles. The third-order valence-electron chi connectivity index (χ3n) is 3.37. The van der Waals surface area contributed by atoms with Gasteiger partial charge in [-0.3, -0.25) is 4.79 Å². The van der Waals surface area contributed by atoms with Crippen LogP contribution in [0.15, 0.2) is 47.6 Å². The molecule has 1 amide bonds. The van der Waals surface area contributed by atoms with Gasteiger partial charge in [-0.15, -0.1) is 0 Å². The first kappa shape index (κ1) is 16.5. The summed E-state index contributed by atoms with van der Waals surface area (Å²) in [6, 6.07) is 13.1. The van der Waals surface area contributed by atoms with Crippen molar-refractivity contribution in [2.24, 2.45) is 5.10 Å². The van der Waals surface area contributed by atoms with Crippen LogP contribution in [0.4, 0.5) is 0 Å². The van der Waals surface area contributed by atoms with Crippen molar-refractivity contribution in [1.29, 1.82) is 0 Å². The Bertz CT molecular complexity index is 694. The third kappa shape index (κ3) is 5.14. The average molecular weight is 312 g/mol. The van der Waals surface area contributed by atoms with Crippen molar-refractivity contribution in [2.45, 2.75) is 13.8 Å². The molecule has 0 saturated carbocycles. The summed E-state index contributed by atoms with van der Waals surface area (Å²) in [6.07, 6.45) is 1.56. The molecule has 0 atom stereocenters. The van der Waals surface area contributed by atoms with Crippen molar-refractivity contribution in [2.75, 3.05) is 13.7 Å². The van der Waals surface area contributed by atoms with E-state index in [1.54, 1.807) is 13.3 Å². The molecule has 0 aliphatic heterocycles. The van der Waals surface area contributed by atoms with Gasteiger partial charge in [0, 0.05) is 0 Å². The number of carbonyl (C=O) groups is 1. The van der Waals surface area contributed by atoms with E-state index in [0.29, 0.717) is 5.75 Å².